The molecule has 1 heterocycles. The van der Waals surface area contributed by atoms with Gasteiger partial charge in [-0.1, -0.05) is 63.2 Å². The maximum absolute atomic E-state index is 13.4. The topological polar surface area (TPSA) is 120 Å². The number of hydrogen-bond donors (Lipinski definition) is 4. The molecule has 2 aromatic rings. The summed E-state index contributed by atoms with van der Waals surface area (Å²) in [5.74, 6) is -0.789. The van der Waals surface area contributed by atoms with Crippen LogP contribution in [-0.4, -0.2) is 85.3 Å². The number of aliphatic hydroxyl groups excluding tert-OH is 1. The van der Waals surface area contributed by atoms with E-state index in [0.29, 0.717) is 26.1 Å². The molecule has 9 nitrogen and oxygen atoms in total. The summed E-state index contributed by atoms with van der Waals surface area (Å²) in [4.78, 5) is 41.4. The molecule has 1 aliphatic rings. The molecule has 3 rings (SSSR count). The summed E-state index contributed by atoms with van der Waals surface area (Å²) in [6.45, 7) is 8.83. The Hall–Kier alpha value is -3.01. The number of hydrogen-bond acceptors (Lipinski definition) is 6. The van der Waals surface area contributed by atoms with Gasteiger partial charge in [-0.15, -0.1) is 0 Å². The molecule has 2 aromatic carbocycles. The van der Waals surface area contributed by atoms with Crippen LogP contribution in [0.15, 0.2) is 42.5 Å². The minimum absolute atomic E-state index is 0.0354. The molecule has 0 aromatic heterocycles. The van der Waals surface area contributed by atoms with Crippen molar-refractivity contribution in [1.29, 1.82) is 0 Å². The third-order valence-electron chi connectivity index (χ3n) is 6.98. The van der Waals surface area contributed by atoms with E-state index in [1.54, 1.807) is 12.0 Å². The number of amides is 3. The van der Waals surface area contributed by atoms with E-state index in [4.69, 9.17) is 4.74 Å². The van der Waals surface area contributed by atoms with E-state index in [1.807, 2.05) is 70.2 Å². The minimum Gasteiger partial charge on any atom is -0.390 e. The zero-order chi connectivity index (χ0) is 28.6. The highest BCUT2D eigenvalue weighted by Gasteiger charge is 2.39. The Labute approximate surface area is 231 Å². The number of nitrogens with one attached hydrogen (secondary N) is 3. The molecule has 4 unspecified atom stereocenters. The lowest BCUT2D eigenvalue weighted by Gasteiger charge is -2.31. The molecular formula is C30H44N4O5. The largest absolute Gasteiger partial charge is 0.390 e. The van der Waals surface area contributed by atoms with Crippen LogP contribution in [0.3, 0.4) is 0 Å². The van der Waals surface area contributed by atoms with Crippen LogP contribution in [0, 0.1) is 5.41 Å². The van der Waals surface area contributed by atoms with Crippen LogP contribution < -0.4 is 16.0 Å². The van der Waals surface area contributed by atoms with Crippen LogP contribution in [0.25, 0.3) is 10.8 Å². The number of ether oxygens (including phenoxy) is 1. The number of likely N-dealkylation sites (tertiary alicyclic amines) is 1. The van der Waals surface area contributed by atoms with Crippen molar-refractivity contribution in [2.45, 2.75) is 71.2 Å². The highest BCUT2D eigenvalue weighted by molar-refractivity contribution is 5.93. The molecule has 1 saturated heterocycles. The normalized spacial score (nSPS) is 18.0. The van der Waals surface area contributed by atoms with Crippen LogP contribution in [0.1, 0.15) is 46.1 Å². The third kappa shape index (κ3) is 8.74. The van der Waals surface area contributed by atoms with E-state index >= 15 is 0 Å². The molecule has 9 heteroatoms. The first-order chi connectivity index (χ1) is 18.5. The van der Waals surface area contributed by atoms with Crippen LogP contribution in [0.4, 0.5) is 0 Å². The first-order valence-corrected chi connectivity index (χ1v) is 13.8. The Balaban J connectivity index is 1.72. The number of aliphatic hydroxyl groups is 1. The molecule has 3 amide bonds. The Morgan fingerprint density at radius 3 is 2.51 bits per heavy atom. The standard InChI is InChI=1S/C30H44N4O5/c1-20(19-39-5)31-17-24(35)18-32-27(36)25(16-21-12-13-22-9-6-7-10-23(22)15-21)33-28(37)26-11-8-14-34(26)29(38)30(2,3)4/h6-7,9-10,12-13,15,20,24-26,31,35H,8,11,14,16-19H2,1-5H3,(H,32,36)(H,33,37). The number of nitrogens with zero attached hydrogens (tertiary/aromatic N) is 1. The average Bonchev–Trinajstić information content (AvgIpc) is 3.39. The first-order valence-electron chi connectivity index (χ1n) is 13.8. The van der Waals surface area contributed by atoms with Gasteiger partial charge >= 0.3 is 0 Å². The number of carbonyl (C=O) groups is 3. The summed E-state index contributed by atoms with van der Waals surface area (Å²) in [5.41, 5.74) is 0.300. The summed E-state index contributed by atoms with van der Waals surface area (Å²) in [7, 11) is 1.61. The van der Waals surface area contributed by atoms with E-state index in [0.717, 1.165) is 22.8 Å². The van der Waals surface area contributed by atoms with E-state index in [9.17, 15) is 19.5 Å². The van der Waals surface area contributed by atoms with Crippen molar-refractivity contribution in [2.75, 3.05) is 33.4 Å². The van der Waals surface area contributed by atoms with Gasteiger partial charge in [-0.3, -0.25) is 14.4 Å². The van der Waals surface area contributed by atoms with Crippen molar-refractivity contribution in [3.63, 3.8) is 0 Å². The summed E-state index contributed by atoms with van der Waals surface area (Å²) in [6.07, 6.45) is 0.770. The second kappa shape index (κ2) is 13.9. The van der Waals surface area contributed by atoms with Gasteiger partial charge in [-0.2, -0.15) is 0 Å². The van der Waals surface area contributed by atoms with Gasteiger partial charge in [0, 0.05) is 44.6 Å². The molecule has 0 bridgehead atoms. The van der Waals surface area contributed by atoms with Crippen LogP contribution >= 0.6 is 0 Å². The van der Waals surface area contributed by atoms with Gasteiger partial charge in [-0.25, -0.2) is 0 Å². The monoisotopic (exact) mass is 540 g/mol. The zero-order valence-electron chi connectivity index (χ0n) is 23.8. The number of carbonyl (C=O) groups excluding carboxylic acids is 3. The summed E-state index contributed by atoms with van der Waals surface area (Å²) in [5, 5.41) is 21.4. The quantitative estimate of drug-likeness (QED) is 0.327. The lowest BCUT2D eigenvalue weighted by Crippen LogP contribution is -2.55. The van der Waals surface area contributed by atoms with Crippen molar-refractivity contribution in [3.8, 4) is 0 Å². The molecule has 0 spiro atoms. The highest BCUT2D eigenvalue weighted by atomic mass is 16.5. The Bertz CT molecular complexity index is 1130. The lowest BCUT2D eigenvalue weighted by molar-refractivity contribution is -0.145. The van der Waals surface area contributed by atoms with Gasteiger partial charge in [0.2, 0.25) is 17.7 Å². The maximum Gasteiger partial charge on any atom is 0.243 e. The van der Waals surface area contributed by atoms with Gasteiger partial charge < -0.3 is 30.7 Å². The smallest absolute Gasteiger partial charge is 0.243 e. The van der Waals surface area contributed by atoms with Crippen molar-refractivity contribution in [1.82, 2.24) is 20.9 Å². The van der Waals surface area contributed by atoms with E-state index in [2.05, 4.69) is 16.0 Å². The van der Waals surface area contributed by atoms with E-state index < -0.39 is 23.6 Å². The van der Waals surface area contributed by atoms with Crippen molar-refractivity contribution in [2.24, 2.45) is 5.41 Å². The van der Waals surface area contributed by atoms with E-state index in [-0.39, 0.29) is 36.7 Å². The number of fused-ring (bicyclic) bond motifs is 1. The van der Waals surface area contributed by atoms with Crippen LogP contribution in [0.5, 0.6) is 0 Å². The van der Waals surface area contributed by atoms with Gasteiger partial charge in [0.25, 0.3) is 0 Å². The summed E-state index contributed by atoms with van der Waals surface area (Å²) in [6, 6.07) is 12.5. The van der Waals surface area contributed by atoms with Gasteiger partial charge in [-0.05, 0) is 36.1 Å². The molecule has 4 N–H and O–H groups in total. The summed E-state index contributed by atoms with van der Waals surface area (Å²) >= 11 is 0. The fourth-order valence-electron chi connectivity index (χ4n) is 4.85. The van der Waals surface area contributed by atoms with Gasteiger partial charge in [0.05, 0.1) is 12.7 Å². The molecule has 1 fully saturated rings. The maximum atomic E-state index is 13.4. The molecule has 1 aliphatic heterocycles. The molecule has 39 heavy (non-hydrogen) atoms. The Morgan fingerprint density at radius 1 is 1.10 bits per heavy atom. The van der Waals surface area contributed by atoms with Crippen molar-refractivity contribution >= 4 is 28.5 Å². The number of benzene rings is 2. The third-order valence-corrected chi connectivity index (χ3v) is 6.98. The van der Waals surface area contributed by atoms with Crippen LogP contribution in [0.2, 0.25) is 0 Å². The van der Waals surface area contributed by atoms with E-state index in [1.165, 1.54) is 0 Å². The SMILES string of the molecule is COCC(C)NCC(O)CNC(=O)C(Cc1ccc2ccccc2c1)NC(=O)C1CCCN1C(=O)C(C)(C)C. The molecule has 0 radical (unpaired) electrons. The molecule has 4 atom stereocenters. The van der Waals surface area contributed by atoms with Crippen molar-refractivity contribution in [3.05, 3.63) is 48.0 Å². The predicted octanol–water partition coefficient (Wildman–Crippen LogP) is 2.01. The average molecular weight is 541 g/mol. The first kappa shape index (κ1) is 30.5. The predicted molar refractivity (Wildman–Crippen MR) is 152 cm³/mol. The van der Waals surface area contributed by atoms with Gasteiger partial charge in [0.1, 0.15) is 12.1 Å². The molecule has 214 valence electrons. The second-order valence-electron chi connectivity index (χ2n) is 11.5. The fraction of sp³-hybridized carbons (Fsp3) is 0.567. The molecular weight excluding hydrogens is 496 g/mol. The Kier molecular flexibility index (Phi) is 10.9. The fourth-order valence-corrected chi connectivity index (χ4v) is 4.85. The molecule has 0 aliphatic carbocycles. The number of rotatable bonds is 12. The van der Waals surface area contributed by atoms with Crippen molar-refractivity contribution < 1.29 is 24.2 Å². The van der Waals surface area contributed by atoms with Crippen LogP contribution in [-0.2, 0) is 25.5 Å². The zero-order valence-corrected chi connectivity index (χ0v) is 23.8. The highest BCUT2D eigenvalue weighted by Crippen LogP contribution is 2.26. The lowest BCUT2D eigenvalue weighted by atomic mass is 9.94. The summed E-state index contributed by atoms with van der Waals surface area (Å²) < 4.78 is 5.09. The molecule has 0 saturated carbocycles. The Morgan fingerprint density at radius 2 is 1.82 bits per heavy atom. The van der Waals surface area contributed by atoms with Gasteiger partial charge in [0.15, 0.2) is 0 Å². The number of methoxy groups -OCH3 is 1. The minimum atomic E-state index is -0.863. The second-order valence-corrected chi connectivity index (χ2v) is 11.5.